The first-order valence-corrected chi connectivity index (χ1v) is 3.97. The van der Waals surface area contributed by atoms with Gasteiger partial charge < -0.3 is 5.11 Å². The Labute approximate surface area is 76.4 Å². The van der Waals surface area contributed by atoms with Crippen LogP contribution in [-0.2, 0) is 11.4 Å². The molecule has 0 aliphatic heterocycles. The topological polar surface area (TPSA) is 33.1 Å². The zero-order valence-corrected chi connectivity index (χ0v) is 7.55. The number of hydrogen-bond donors (Lipinski definition) is 1. The molecule has 1 N–H and O–H groups in total. The molecule has 0 saturated carbocycles. The largest absolute Gasteiger partial charge is 0.390 e. The van der Waals surface area contributed by atoms with Crippen LogP contribution in [0.2, 0.25) is 0 Å². The van der Waals surface area contributed by atoms with Crippen molar-refractivity contribution in [2.45, 2.75) is 11.4 Å². The Balaban J connectivity index is 3.14. The third-order valence-corrected chi connectivity index (χ3v) is 1.77. The van der Waals surface area contributed by atoms with E-state index >= 15 is 0 Å². The second kappa shape index (κ2) is 3.45. The zero-order chi connectivity index (χ0) is 9.19. The van der Waals surface area contributed by atoms with Gasteiger partial charge >= 0.3 is 4.83 Å². The molecule has 66 valence electrons. The van der Waals surface area contributed by atoms with Gasteiger partial charge in [-0.05, 0) is 28.1 Å². The van der Waals surface area contributed by atoms with Crippen molar-refractivity contribution >= 4 is 15.9 Å². The first-order valence-electron chi connectivity index (χ1n) is 3.17. The molecule has 0 aromatic carbocycles. The lowest BCUT2D eigenvalue weighted by molar-refractivity contribution is 0.110. The fourth-order valence-corrected chi connectivity index (χ4v) is 1.18. The van der Waals surface area contributed by atoms with Crippen molar-refractivity contribution in [3.63, 3.8) is 0 Å². The lowest BCUT2D eigenvalue weighted by atomic mass is 10.2. The van der Waals surface area contributed by atoms with Crippen LogP contribution < -0.4 is 0 Å². The van der Waals surface area contributed by atoms with Gasteiger partial charge in [-0.3, -0.25) is 4.98 Å². The SMILES string of the molecule is OCc1ncccc1C(F)(F)Br. The molecule has 0 aliphatic carbocycles. The number of aliphatic hydroxyl groups is 1. The maximum absolute atomic E-state index is 12.7. The average molecular weight is 238 g/mol. The van der Waals surface area contributed by atoms with E-state index in [0.717, 1.165) is 0 Å². The summed E-state index contributed by atoms with van der Waals surface area (Å²) >= 11 is 2.19. The first-order chi connectivity index (χ1) is 5.55. The lowest BCUT2D eigenvalue weighted by Gasteiger charge is -2.10. The van der Waals surface area contributed by atoms with E-state index in [9.17, 15) is 8.78 Å². The van der Waals surface area contributed by atoms with Crippen LogP contribution >= 0.6 is 15.9 Å². The summed E-state index contributed by atoms with van der Waals surface area (Å²) in [7, 11) is 0. The van der Waals surface area contributed by atoms with Gasteiger partial charge in [0.05, 0.1) is 17.9 Å². The standard InChI is InChI=1S/C7H6BrF2NO/c8-7(9,10)5-2-1-3-11-6(5)4-12/h1-3,12H,4H2. The highest BCUT2D eigenvalue weighted by molar-refractivity contribution is 9.09. The van der Waals surface area contributed by atoms with Gasteiger partial charge in [-0.25, -0.2) is 0 Å². The molecular formula is C7H6BrF2NO. The predicted octanol–water partition coefficient (Wildman–Crippen LogP) is 2.02. The zero-order valence-electron chi connectivity index (χ0n) is 5.97. The minimum Gasteiger partial charge on any atom is -0.390 e. The monoisotopic (exact) mass is 237 g/mol. The molecule has 0 bridgehead atoms. The summed E-state index contributed by atoms with van der Waals surface area (Å²) in [6.45, 7) is -0.489. The Kier molecular flexibility index (Phi) is 2.74. The summed E-state index contributed by atoms with van der Waals surface area (Å²) in [5, 5.41) is 8.67. The molecule has 0 fully saturated rings. The molecule has 0 aliphatic rings. The molecule has 1 aromatic rings. The Hall–Kier alpha value is -0.550. The van der Waals surface area contributed by atoms with Crippen molar-refractivity contribution in [2.75, 3.05) is 0 Å². The minimum absolute atomic E-state index is 0.0145. The molecule has 12 heavy (non-hydrogen) atoms. The quantitative estimate of drug-likeness (QED) is 0.799. The summed E-state index contributed by atoms with van der Waals surface area (Å²) in [5.74, 6) is 0. The number of aliphatic hydroxyl groups excluding tert-OH is 1. The number of alkyl halides is 3. The van der Waals surface area contributed by atoms with Crippen molar-refractivity contribution in [2.24, 2.45) is 0 Å². The van der Waals surface area contributed by atoms with Crippen molar-refractivity contribution in [3.05, 3.63) is 29.6 Å². The Morgan fingerprint density at radius 1 is 1.58 bits per heavy atom. The molecule has 5 heteroatoms. The highest BCUT2D eigenvalue weighted by Crippen LogP contribution is 2.35. The molecule has 0 saturated heterocycles. The molecule has 2 nitrogen and oxygen atoms in total. The normalized spacial score (nSPS) is 11.7. The lowest BCUT2D eigenvalue weighted by Crippen LogP contribution is -2.08. The van der Waals surface area contributed by atoms with E-state index in [1.54, 1.807) is 0 Å². The molecule has 1 heterocycles. The second-order valence-electron chi connectivity index (χ2n) is 2.15. The first kappa shape index (κ1) is 9.54. The Morgan fingerprint density at radius 3 is 2.67 bits per heavy atom. The highest BCUT2D eigenvalue weighted by Gasteiger charge is 2.29. The van der Waals surface area contributed by atoms with Crippen LogP contribution in [0.3, 0.4) is 0 Å². The van der Waals surface area contributed by atoms with E-state index in [4.69, 9.17) is 5.11 Å². The number of halogens is 3. The van der Waals surface area contributed by atoms with Crippen LogP contribution in [0.4, 0.5) is 8.78 Å². The van der Waals surface area contributed by atoms with E-state index in [1.807, 2.05) is 0 Å². The average Bonchev–Trinajstić information content (AvgIpc) is 2.03. The third-order valence-electron chi connectivity index (χ3n) is 1.35. The van der Waals surface area contributed by atoms with E-state index in [1.165, 1.54) is 18.3 Å². The maximum Gasteiger partial charge on any atom is 0.328 e. The van der Waals surface area contributed by atoms with Crippen molar-refractivity contribution < 1.29 is 13.9 Å². The van der Waals surface area contributed by atoms with Crippen LogP contribution in [0.5, 0.6) is 0 Å². The summed E-state index contributed by atoms with van der Waals surface area (Å²) in [6.07, 6.45) is 1.35. The minimum atomic E-state index is -3.13. The van der Waals surface area contributed by atoms with Gasteiger partial charge in [0.1, 0.15) is 0 Å². The van der Waals surface area contributed by atoms with Crippen LogP contribution in [0.25, 0.3) is 0 Å². The summed E-state index contributed by atoms with van der Waals surface area (Å²) in [4.78, 5) is 0.478. The molecule has 0 radical (unpaired) electrons. The number of nitrogens with zero attached hydrogens (tertiary/aromatic N) is 1. The predicted molar refractivity (Wildman–Crippen MR) is 43.0 cm³/mol. The number of pyridine rings is 1. The smallest absolute Gasteiger partial charge is 0.328 e. The molecule has 0 amide bonds. The number of hydrogen-bond acceptors (Lipinski definition) is 2. The highest BCUT2D eigenvalue weighted by atomic mass is 79.9. The molecule has 0 atom stereocenters. The third kappa shape index (κ3) is 1.98. The number of rotatable bonds is 2. The van der Waals surface area contributed by atoms with E-state index in [0.29, 0.717) is 0 Å². The van der Waals surface area contributed by atoms with Crippen LogP contribution in [0.1, 0.15) is 11.3 Å². The van der Waals surface area contributed by atoms with Crippen LogP contribution in [0.15, 0.2) is 18.3 Å². The maximum atomic E-state index is 12.7. The van der Waals surface area contributed by atoms with Gasteiger partial charge in [0.15, 0.2) is 0 Å². The van der Waals surface area contributed by atoms with Gasteiger partial charge in [-0.2, -0.15) is 8.78 Å². The van der Waals surface area contributed by atoms with E-state index in [2.05, 4.69) is 20.9 Å². The van der Waals surface area contributed by atoms with Gasteiger partial charge in [-0.15, -0.1) is 0 Å². The van der Waals surface area contributed by atoms with Crippen molar-refractivity contribution in [1.82, 2.24) is 4.98 Å². The molecule has 1 rings (SSSR count). The molecule has 1 aromatic heterocycles. The van der Waals surface area contributed by atoms with Crippen LogP contribution in [0, 0.1) is 0 Å². The molecule has 0 spiro atoms. The van der Waals surface area contributed by atoms with Gasteiger partial charge in [-0.1, -0.05) is 0 Å². The fourth-order valence-electron chi connectivity index (χ4n) is 0.822. The molecule has 0 unspecified atom stereocenters. The van der Waals surface area contributed by atoms with Gasteiger partial charge in [0.25, 0.3) is 0 Å². The van der Waals surface area contributed by atoms with Crippen molar-refractivity contribution in [3.8, 4) is 0 Å². The van der Waals surface area contributed by atoms with Crippen LogP contribution in [-0.4, -0.2) is 10.1 Å². The van der Waals surface area contributed by atoms with Gasteiger partial charge in [0.2, 0.25) is 0 Å². The van der Waals surface area contributed by atoms with Crippen molar-refractivity contribution in [1.29, 1.82) is 0 Å². The second-order valence-corrected chi connectivity index (χ2v) is 3.15. The van der Waals surface area contributed by atoms with E-state index in [-0.39, 0.29) is 11.3 Å². The summed E-state index contributed by atoms with van der Waals surface area (Å²) < 4.78 is 25.3. The Morgan fingerprint density at radius 2 is 2.25 bits per heavy atom. The summed E-state index contributed by atoms with van der Waals surface area (Å²) in [5.41, 5.74) is -0.313. The Bertz CT molecular complexity index is 274. The van der Waals surface area contributed by atoms with Gasteiger partial charge in [0, 0.05) is 6.20 Å². The fraction of sp³-hybridized carbons (Fsp3) is 0.286. The summed E-state index contributed by atoms with van der Waals surface area (Å²) in [6, 6.07) is 2.61. The molecular weight excluding hydrogens is 232 g/mol. The van der Waals surface area contributed by atoms with E-state index < -0.39 is 11.4 Å². The number of aromatic nitrogens is 1.